The van der Waals surface area contributed by atoms with Gasteiger partial charge in [0.2, 0.25) is 0 Å². The highest BCUT2D eigenvalue weighted by Crippen LogP contribution is 2.42. The van der Waals surface area contributed by atoms with Crippen molar-refractivity contribution in [2.24, 2.45) is 5.73 Å². The van der Waals surface area contributed by atoms with Crippen LogP contribution in [0.5, 0.6) is 5.75 Å². The molecule has 0 spiro atoms. The van der Waals surface area contributed by atoms with Crippen molar-refractivity contribution in [2.45, 2.75) is 25.3 Å². The van der Waals surface area contributed by atoms with E-state index in [0.29, 0.717) is 0 Å². The van der Waals surface area contributed by atoms with E-state index >= 15 is 0 Å². The van der Waals surface area contributed by atoms with E-state index in [-0.39, 0.29) is 11.8 Å². The molecule has 76 valence electrons. The molecule has 0 unspecified atom stereocenters. The van der Waals surface area contributed by atoms with Crippen LogP contribution in [0, 0.1) is 0 Å². The zero-order valence-corrected chi connectivity index (χ0v) is 10.7. The maximum atomic E-state index is 9.73. The molecule has 2 nitrogen and oxygen atoms in total. The fourth-order valence-electron chi connectivity index (χ4n) is 1.94. The number of aromatic hydroxyl groups is 1. The van der Waals surface area contributed by atoms with Crippen LogP contribution in [0.2, 0.25) is 0 Å². The van der Waals surface area contributed by atoms with E-state index in [1.54, 1.807) is 0 Å². The van der Waals surface area contributed by atoms with Crippen molar-refractivity contribution < 1.29 is 5.11 Å². The first-order valence-corrected chi connectivity index (χ1v) is 6.15. The Bertz CT molecular complexity index is 379. The fraction of sp³-hybridized carbons (Fsp3) is 0.400. The lowest BCUT2D eigenvalue weighted by molar-refractivity contribution is 0.462. The maximum absolute atomic E-state index is 9.73. The third kappa shape index (κ3) is 1.59. The number of rotatable bonds is 0. The van der Waals surface area contributed by atoms with E-state index < -0.39 is 0 Å². The van der Waals surface area contributed by atoms with Gasteiger partial charge in [-0.1, -0.05) is 0 Å². The van der Waals surface area contributed by atoms with Crippen LogP contribution in [0.15, 0.2) is 15.0 Å². The molecule has 3 N–H and O–H groups in total. The van der Waals surface area contributed by atoms with Crippen molar-refractivity contribution in [1.29, 1.82) is 0 Å². The van der Waals surface area contributed by atoms with Gasteiger partial charge in [0, 0.05) is 6.04 Å². The number of phenols is 1. The Hall–Kier alpha value is -0.0600. The van der Waals surface area contributed by atoms with E-state index in [1.807, 2.05) is 6.07 Å². The van der Waals surface area contributed by atoms with Gasteiger partial charge in [-0.3, -0.25) is 0 Å². The largest absolute Gasteiger partial charge is 0.506 e. The van der Waals surface area contributed by atoms with Crippen molar-refractivity contribution in [3.05, 3.63) is 26.1 Å². The van der Waals surface area contributed by atoms with Gasteiger partial charge in [0.25, 0.3) is 0 Å². The monoisotopic (exact) mass is 319 g/mol. The van der Waals surface area contributed by atoms with Crippen molar-refractivity contribution in [3.63, 3.8) is 0 Å². The summed E-state index contributed by atoms with van der Waals surface area (Å²) in [6.45, 7) is 0. The fourth-order valence-corrected chi connectivity index (χ4v) is 3.44. The number of fused-ring (bicyclic) bond motifs is 1. The summed E-state index contributed by atoms with van der Waals surface area (Å²) in [5.41, 5.74) is 8.31. The lowest BCUT2D eigenvalue weighted by atomic mass is 9.88. The summed E-state index contributed by atoms with van der Waals surface area (Å²) < 4.78 is 1.48. The van der Waals surface area contributed by atoms with Crippen LogP contribution in [0.3, 0.4) is 0 Å². The molecule has 0 fully saturated rings. The lowest BCUT2D eigenvalue weighted by Gasteiger charge is -2.24. The number of hydrogen-bond donors (Lipinski definition) is 2. The van der Waals surface area contributed by atoms with Crippen LogP contribution in [0.1, 0.15) is 30.0 Å². The van der Waals surface area contributed by atoms with Crippen molar-refractivity contribution in [3.8, 4) is 5.75 Å². The molecule has 1 aromatic carbocycles. The Balaban J connectivity index is 2.64. The van der Waals surface area contributed by atoms with Crippen LogP contribution < -0.4 is 5.73 Å². The zero-order chi connectivity index (χ0) is 10.3. The van der Waals surface area contributed by atoms with Crippen LogP contribution in [0.4, 0.5) is 0 Å². The number of benzene rings is 1. The van der Waals surface area contributed by atoms with Gasteiger partial charge in [0.05, 0.1) is 8.95 Å². The minimum atomic E-state index is 0.0483. The van der Waals surface area contributed by atoms with Gasteiger partial charge in [-0.15, -0.1) is 0 Å². The van der Waals surface area contributed by atoms with Crippen LogP contribution >= 0.6 is 31.9 Å². The quantitative estimate of drug-likeness (QED) is 0.770. The van der Waals surface area contributed by atoms with Gasteiger partial charge >= 0.3 is 0 Å². The Morgan fingerprint density at radius 1 is 1.43 bits per heavy atom. The molecule has 0 aliphatic heterocycles. The SMILES string of the molecule is N[C@@H]1CCCc2cc(Br)c(O)c(Br)c21. The molecular formula is C10H11Br2NO. The first-order chi connectivity index (χ1) is 6.61. The minimum Gasteiger partial charge on any atom is -0.506 e. The molecule has 2 rings (SSSR count). The molecule has 1 atom stereocenters. The number of hydrogen-bond acceptors (Lipinski definition) is 2. The van der Waals surface area contributed by atoms with Crippen molar-refractivity contribution >= 4 is 31.9 Å². The third-order valence-electron chi connectivity index (χ3n) is 2.65. The molecule has 1 aliphatic carbocycles. The second-order valence-electron chi connectivity index (χ2n) is 3.59. The summed E-state index contributed by atoms with van der Waals surface area (Å²) in [5.74, 6) is 0.251. The number of phenolic OH excluding ortho intramolecular Hbond substituents is 1. The van der Waals surface area contributed by atoms with Gasteiger partial charge in [-0.2, -0.15) is 0 Å². The van der Waals surface area contributed by atoms with Gasteiger partial charge in [0.15, 0.2) is 0 Å². The Morgan fingerprint density at radius 3 is 2.86 bits per heavy atom. The normalized spacial score (nSPS) is 20.6. The molecule has 14 heavy (non-hydrogen) atoms. The molecule has 0 heterocycles. The van der Waals surface area contributed by atoms with Gasteiger partial charge in [0.1, 0.15) is 5.75 Å². The first-order valence-electron chi connectivity index (χ1n) is 4.56. The van der Waals surface area contributed by atoms with E-state index in [4.69, 9.17) is 5.73 Å². The molecule has 0 bridgehead atoms. The van der Waals surface area contributed by atoms with E-state index in [1.165, 1.54) is 5.56 Å². The van der Waals surface area contributed by atoms with Crippen LogP contribution in [0.25, 0.3) is 0 Å². The summed E-state index contributed by atoms with van der Waals surface area (Å²) in [5, 5.41) is 9.73. The highest BCUT2D eigenvalue weighted by molar-refractivity contribution is 9.11. The van der Waals surface area contributed by atoms with Crippen molar-refractivity contribution in [1.82, 2.24) is 0 Å². The Kier molecular flexibility index (Phi) is 2.86. The molecule has 0 saturated heterocycles. The molecule has 0 saturated carbocycles. The Labute approximate surface area is 99.8 Å². The maximum Gasteiger partial charge on any atom is 0.144 e. The van der Waals surface area contributed by atoms with Gasteiger partial charge in [-0.05, 0) is 68.3 Å². The van der Waals surface area contributed by atoms with Crippen molar-refractivity contribution in [2.75, 3.05) is 0 Å². The molecule has 0 amide bonds. The number of aryl methyl sites for hydroxylation is 1. The second kappa shape index (κ2) is 3.83. The predicted octanol–water partition coefficient (Wildman–Crippen LogP) is 3.25. The summed E-state index contributed by atoms with van der Waals surface area (Å²) in [6, 6.07) is 2.01. The highest BCUT2D eigenvalue weighted by atomic mass is 79.9. The smallest absolute Gasteiger partial charge is 0.144 e. The number of nitrogens with two attached hydrogens (primary N) is 1. The first kappa shape index (κ1) is 10.5. The van der Waals surface area contributed by atoms with Gasteiger partial charge in [-0.25, -0.2) is 0 Å². The van der Waals surface area contributed by atoms with Crippen LogP contribution in [-0.2, 0) is 6.42 Å². The standard InChI is InChI=1S/C10H11Br2NO/c11-6-4-5-2-1-3-7(13)8(5)9(12)10(6)14/h4,7,14H,1-3,13H2/t7-/m1/s1. The van der Waals surface area contributed by atoms with Gasteiger partial charge < -0.3 is 10.8 Å². The predicted molar refractivity (Wildman–Crippen MR) is 63.4 cm³/mol. The van der Waals surface area contributed by atoms with E-state index in [9.17, 15) is 5.11 Å². The molecule has 1 aromatic rings. The average Bonchev–Trinajstić information content (AvgIpc) is 2.14. The highest BCUT2D eigenvalue weighted by Gasteiger charge is 2.22. The lowest BCUT2D eigenvalue weighted by Crippen LogP contribution is -2.18. The van der Waals surface area contributed by atoms with E-state index in [2.05, 4.69) is 31.9 Å². The molecule has 1 aliphatic rings. The molecular weight excluding hydrogens is 310 g/mol. The number of halogens is 2. The summed E-state index contributed by atoms with van der Waals surface area (Å²) in [7, 11) is 0. The molecule has 0 radical (unpaired) electrons. The third-order valence-corrected chi connectivity index (χ3v) is 4.06. The van der Waals surface area contributed by atoms with E-state index in [0.717, 1.165) is 33.8 Å². The van der Waals surface area contributed by atoms with Crippen LogP contribution in [-0.4, -0.2) is 5.11 Å². The summed E-state index contributed by atoms with van der Waals surface area (Å²) in [6.07, 6.45) is 3.16. The molecule has 0 aromatic heterocycles. The summed E-state index contributed by atoms with van der Waals surface area (Å²) >= 11 is 6.72. The summed E-state index contributed by atoms with van der Waals surface area (Å²) in [4.78, 5) is 0. The topological polar surface area (TPSA) is 46.2 Å². The molecule has 4 heteroatoms. The minimum absolute atomic E-state index is 0.0483. The second-order valence-corrected chi connectivity index (χ2v) is 5.24. The zero-order valence-electron chi connectivity index (χ0n) is 7.56. The Morgan fingerprint density at radius 2 is 2.14 bits per heavy atom. The average molecular weight is 321 g/mol.